The number of carbonyl (C=O) groups is 1. The van der Waals surface area contributed by atoms with Crippen molar-refractivity contribution in [2.24, 2.45) is 0 Å². The van der Waals surface area contributed by atoms with Crippen molar-refractivity contribution in [3.8, 4) is 0 Å². The number of nitrogens with zero attached hydrogens (tertiary/aromatic N) is 1. The van der Waals surface area contributed by atoms with Crippen LogP contribution in [0.1, 0.15) is 23.7 Å². The van der Waals surface area contributed by atoms with Crippen molar-refractivity contribution in [3.05, 3.63) is 63.9 Å². The minimum Gasteiger partial charge on any atom is -0.445 e. The molecule has 2 atom stereocenters. The van der Waals surface area contributed by atoms with E-state index in [9.17, 15) is 15.0 Å². The summed E-state index contributed by atoms with van der Waals surface area (Å²) in [6.07, 6.45) is -1.57. The number of aliphatic hydroxyl groups excluding tert-OH is 2. The number of hydrogen-bond donors (Lipinski definition) is 3. The predicted octanol–water partition coefficient (Wildman–Crippen LogP) is 3.10. The van der Waals surface area contributed by atoms with Crippen molar-refractivity contribution in [1.29, 1.82) is 0 Å². The van der Waals surface area contributed by atoms with Crippen LogP contribution in [-0.2, 0) is 11.3 Å². The molecule has 0 aliphatic rings. The van der Waals surface area contributed by atoms with Gasteiger partial charge >= 0.3 is 6.09 Å². The summed E-state index contributed by atoms with van der Waals surface area (Å²) in [7, 11) is 0. The highest BCUT2D eigenvalue weighted by molar-refractivity contribution is 6.32. The highest BCUT2D eigenvalue weighted by atomic mass is 35.5. The number of halogens is 2. The van der Waals surface area contributed by atoms with Gasteiger partial charge in [-0.1, -0.05) is 53.5 Å². The van der Waals surface area contributed by atoms with Crippen molar-refractivity contribution >= 4 is 29.3 Å². The lowest BCUT2D eigenvalue weighted by Crippen LogP contribution is -2.29. The second kappa shape index (κ2) is 9.58. The summed E-state index contributed by atoms with van der Waals surface area (Å²) in [4.78, 5) is 15.4. The minimum atomic E-state index is -1.26. The molecule has 1 heterocycles. The van der Waals surface area contributed by atoms with Crippen LogP contribution in [0.4, 0.5) is 4.79 Å². The molecular weight excluding hydrogens is 367 g/mol. The number of ether oxygens (including phenoxy) is 1. The minimum absolute atomic E-state index is 0.0613. The van der Waals surface area contributed by atoms with Gasteiger partial charge in [0, 0.05) is 18.3 Å². The lowest BCUT2D eigenvalue weighted by atomic mass is 10.0. The van der Waals surface area contributed by atoms with Gasteiger partial charge in [0.1, 0.15) is 17.9 Å². The summed E-state index contributed by atoms with van der Waals surface area (Å²) in [5.41, 5.74) is 1.10. The summed E-state index contributed by atoms with van der Waals surface area (Å²) >= 11 is 11.7. The maximum atomic E-state index is 11.6. The van der Waals surface area contributed by atoms with Gasteiger partial charge < -0.3 is 20.3 Å². The molecule has 25 heavy (non-hydrogen) atoms. The molecule has 0 fully saturated rings. The van der Waals surface area contributed by atoms with Crippen LogP contribution in [0.3, 0.4) is 0 Å². The molecule has 0 aliphatic heterocycles. The fraction of sp³-hybridized carbons (Fsp3) is 0.294. The molecule has 2 unspecified atom stereocenters. The van der Waals surface area contributed by atoms with E-state index in [0.717, 1.165) is 5.56 Å². The first-order chi connectivity index (χ1) is 12.0. The molecule has 2 aromatic rings. The molecule has 0 spiro atoms. The number of alkyl carbamates (subject to hydrolysis) is 1. The van der Waals surface area contributed by atoms with E-state index < -0.39 is 18.3 Å². The van der Waals surface area contributed by atoms with Crippen molar-refractivity contribution in [2.45, 2.75) is 25.2 Å². The van der Waals surface area contributed by atoms with Gasteiger partial charge in [0.25, 0.3) is 0 Å². The van der Waals surface area contributed by atoms with E-state index in [2.05, 4.69) is 10.3 Å². The molecule has 1 aromatic heterocycles. The molecule has 134 valence electrons. The van der Waals surface area contributed by atoms with Gasteiger partial charge in [0.15, 0.2) is 0 Å². The van der Waals surface area contributed by atoms with E-state index in [1.165, 1.54) is 12.3 Å². The molecule has 0 saturated heterocycles. The SMILES string of the molecule is O=C(NCCC(O)C(O)c1cc(Cl)cnc1Cl)OCc1ccccc1. The molecule has 3 N–H and O–H groups in total. The fourth-order valence-electron chi connectivity index (χ4n) is 2.11. The Morgan fingerprint density at radius 2 is 1.96 bits per heavy atom. The summed E-state index contributed by atoms with van der Waals surface area (Å²) in [5, 5.41) is 23.0. The van der Waals surface area contributed by atoms with Crippen molar-refractivity contribution in [1.82, 2.24) is 10.3 Å². The average Bonchev–Trinajstić information content (AvgIpc) is 2.62. The molecule has 2 rings (SSSR count). The van der Waals surface area contributed by atoms with Gasteiger partial charge in [-0.2, -0.15) is 0 Å². The number of benzene rings is 1. The third-order valence-electron chi connectivity index (χ3n) is 3.44. The third kappa shape index (κ3) is 6.17. The van der Waals surface area contributed by atoms with E-state index in [4.69, 9.17) is 27.9 Å². The first kappa shape index (κ1) is 19.5. The van der Waals surface area contributed by atoms with Crippen LogP contribution in [-0.4, -0.2) is 33.9 Å². The zero-order valence-corrected chi connectivity index (χ0v) is 14.7. The van der Waals surface area contributed by atoms with E-state index in [0.29, 0.717) is 5.02 Å². The molecule has 0 radical (unpaired) electrons. The summed E-state index contributed by atoms with van der Waals surface area (Å²) in [5.74, 6) is 0. The quantitative estimate of drug-likeness (QED) is 0.637. The largest absolute Gasteiger partial charge is 0.445 e. The number of amides is 1. The van der Waals surface area contributed by atoms with Crippen LogP contribution in [0.2, 0.25) is 10.2 Å². The monoisotopic (exact) mass is 384 g/mol. The summed E-state index contributed by atoms with van der Waals surface area (Å²) in [6.45, 7) is 0.277. The van der Waals surface area contributed by atoms with Gasteiger partial charge in [0.05, 0.1) is 11.1 Å². The highest BCUT2D eigenvalue weighted by Crippen LogP contribution is 2.27. The zero-order chi connectivity index (χ0) is 18.2. The molecule has 0 bridgehead atoms. The normalized spacial score (nSPS) is 13.1. The zero-order valence-electron chi connectivity index (χ0n) is 13.2. The second-order valence-corrected chi connectivity index (χ2v) is 6.12. The first-order valence-corrected chi connectivity index (χ1v) is 8.34. The maximum absolute atomic E-state index is 11.6. The number of aliphatic hydroxyl groups is 2. The Kier molecular flexibility index (Phi) is 7.46. The number of rotatable bonds is 7. The van der Waals surface area contributed by atoms with Crippen molar-refractivity contribution in [3.63, 3.8) is 0 Å². The molecule has 8 heteroatoms. The lowest BCUT2D eigenvalue weighted by molar-refractivity contribution is 0.0135. The molecule has 1 amide bonds. The maximum Gasteiger partial charge on any atom is 0.407 e. The van der Waals surface area contributed by atoms with Gasteiger partial charge in [-0.3, -0.25) is 0 Å². The third-order valence-corrected chi connectivity index (χ3v) is 3.96. The Morgan fingerprint density at radius 1 is 1.24 bits per heavy atom. The van der Waals surface area contributed by atoms with Crippen molar-refractivity contribution in [2.75, 3.05) is 6.54 Å². The number of carbonyl (C=O) groups excluding carboxylic acids is 1. The molecule has 1 aromatic carbocycles. The van der Waals surface area contributed by atoms with Gasteiger partial charge in [0.2, 0.25) is 0 Å². The Labute approximate surface area is 155 Å². The standard InChI is InChI=1S/C17H18Cl2N2O4/c18-12-8-13(16(19)21-9-12)15(23)14(22)6-7-20-17(24)25-10-11-4-2-1-3-5-11/h1-5,8-9,14-15,22-23H,6-7,10H2,(H,20,24). The van der Waals surface area contributed by atoms with Gasteiger partial charge in [-0.25, -0.2) is 9.78 Å². The number of aromatic nitrogens is 1. The van der Waals surface area contributed by atoms with Crippen molar-refractivity contribution < 1.29 is 19.7 Å². The Bertz CT molecular complexity index is 700. The smallest absolute Gasteiger partial charge is 0.407 e. The Morgan fingerprint density at radius 3 is 2.68 bits per heavy atom. The Hall–Kier alpha value is -1.86. The summed E-state index contributed by atoms with van der Waals surface area (Å²) in [6, 6.07) is 10.7. The summed E-state index contributed by atoms with van der Waals surface area (Å²) < 4.78 is 5.05. The van der Waals surface area contributed by atoms with Crippen LogP contribution < -0.4 is 5.32 Å². The van der Waals surface area contributed by atoms with E-state index in [-0.39, 0.29) is 30.3 Å². The second-order valence-electron chi connectivity index (χ2n) is 5.32. The van der Waals surface area contributed by atoms with E-state index >= 15 is 0 Å². The number of hydrogen-bond acceptors (Lipinski definition) is 5. The molecular formula is C17H18Cl2N2O4. The molecule has 6 nitrogen and oxygen atoms in total. The van der Waals surface area contributed by atoms with E-state index in [1.54, 1.807) is 0 Å². The van der Waals surface area contributed by atoms with Crippen LogP contribution in [0.25, 0.3) is 0 Å². The predicted molar refractivity (Wildman–Crippen MR) is 94.5 cm³/mol. The van der Waals surface area contributed by atoms with Crippen LogP contribution in [0.5, 0.6) is 0 Å². The van der Waals surface area contributed by atoms with Crippen LogP contribution >= 0.6 is 23.2 Å². The number of pyridine rings is 1. The molecule has 0 saturated carbocycles. The highest BCUT2D eigenvalue weighted by Gasteiger charge is 2.22. The van der Waals surface area contributed by atoms with Gasteiger partial charge in [-0.05, 0) is 18.1 Å². The van der Waals surface area contributed by atoms with Gasteiger partial charge in [-0.15, -0.1) is 0 Å². The fourth-order valence-corrected chi connectivity index (χ4v) is 2.49. The first-order valence-electron chi connectivity index (χ1n) is 7.59. The van der Waals surface area contributed by atoms with Crippen LogP contribution in [0.15, 0.2) is 42.6 Å². The molecule has 0 aliphatic carbocycles. The van der Waals surface area contributed by atoms with E-state index in [1.807, 2.05) is 30.3 Å². The Balaban J connectivity index is 1.75. The topological polar surface area (TPSA) is 91.7 Å². The average molecular weight is 385 g/mol. The number of nitrogens with one attached hydrogen (secondary N) is 1. The lowest BCUT2D eigenvalue weighted by Gasteiger charge is -2.19. The van der Waals surface area contributed by atoms with Crippen LogP contribution in [0, 0.1) is 0 Å².